The summed E-state index contributed by atoms with van der Waals surface area (Å²) >= 11 is 0. The van der Waals surface area contributed by atoms with Crippen LogP contribution >= 0.6 is 0 Å². The van der Waals surface area contributed by atoms with Gasteiger partial charge in [-0.3, -0.25) is 0 Å². The van der Waals surface area contributed by atoms with Gasteiger partial charge in [0.25, 0.3) is 0 Å². The summed E-state index contributed by atoms with van der Waals surface area (Å²) in [5.74, 6) is 0.311. The molecule has 1 aromatic carbocycles. The molecule has 0 amide bonds. The molecule has 0 unspecified atom stereocenters. The number of hydrogen-bond donors (Lipinski definition) is 2. The molecule has 2 rings (SSSR count). The second-order valence-electron chi connectivity index (χ2n) is 4.48. The molecule has 110 valence electrons. The minimum absolute atomic E-state index is 0.227. The molecule has 1 heterocycles. The molecule has 0 saturated heterocycles. The van der Waals surface area contributed by atoms with Crippen LogP contribution in [0.5, 0.6) is 5.75 Å². The summed E-state index contributed by atoms with van der Waals surface area (Å²) in [6.07, 6.45) is 0.675. The van der Waals surface area contributed by atoms with Crippen LogP contribution in [0.25, 0.3) is 0 Å². The molecule has 2 N–H and O–H groups in total. The van der Waals surface area contributed by atoms with Crippen LogP contribution in [0.4, 0.5) is 11.5 Å². The lowest BCUT2D eigenvalue weighted by Crippen LogP contribution is -2.03. The maximum atomic E-state index is 11.1. The SMILES string of the molecule is CCOc1cccc(Nc2cc(C(=O)O)cc(CC)n2)c1. The highest BCUT2D eigenvalue weighted by Crippen LogP contribution is 2.21. The molecular formula is C16H18N2O3. The van der Waals surface area contributed by atoms with E-state index in [4.69, 9.17) is 9.84 Å². The highest BCUT2D eigenvalue weighted by Gasteiger charge is 2.08. The Labute approximate surface area is 123 Å². The van der Waals surface area contributed by atoms with Gasteiger partial charge in [-0.25, -0.2) is 9.78 Å². The fourth-order valence-electron chi connectivity index (χ4n) is 1.93. The number of carboxylic acids is 1. The number of nitrogens with one attached hydrogen (secondary N) is 1. The highest BCUT2D eigenvalue weighted by atomic mass is 16.5. The Morgan fingerprint density at radius 3 is 2.76 bits per heavy atom. The number of anilines is 2. The van der Waals surface area contributed by atoms with E-state index in [0.717, 1.165) is 17.1 Å². The van der Waals surface area contributed by atoms with Gasteiger partial charge in [0.05, 0.1) is 12.2 Å². The molecule has 0 atom stereocenters. The van der Waals surface area contributed by atoms with Gasteiger partial charge in [-0.1, -0.05) is 13.0 Å². The summed E-state index contributed by atoms with van der Waals surface area (Å²) in [5.41, 5.74) is 1.77. The van der Waals surface area contributed by atoms with Crippen LogP contribution in [0, 0.1) is 0 Å². The second-order valence-corrected chi connectivity index (χ2v) is 4.48. The number of aromatic nitrogens is 1. The quantitative estimate of drug-likeness (QED) is 0.850. The summed E-state index contributed by atoms with van der Waals surface area (Å²) in [6.45, 7) is 4.45. The first-order chi connectivity index (χ1) is 10.1. The maximum absolute atomic E-state index is 11.1. The molecule has 5 heteroatoms. The monoisotopic (exact) mass is 286 g/mol. The van der Waals surface area contributed by atoms with Crippen LogP contribution in [-0.4, -0.2) is 22.7 Å². The molecule has 2 aromatic rings. The van der Waals surface area contributed by atoms with Gasteiger partial charge < -0.3 is 15.2 Å². The van der Waals surface area contributed by atoms with Crippen LogP contribution in [0.1, 0.15) is 29.9 Å². The van der Waals surface area contributed by atoms with Crippen molar-refractivity contribution in [1.82, 2.24) is 4.98 Å². The van der Waals surface area contributed by atoms with Gasteiger partial charge in [-0.2, -0.15) is 0 Å². The standard InChI is InChI=1S/C16H18N2O3/c1-3-12-8-11(16(19)20)9-15(17-12)18-13-6-5-7-14(10-13)21-4-2/h5-10H,3-4H2,1-2H3,(H,17,18)(H,19,20). The molecule has 0 saturated carbocycles. The van der Waals surface area contributed by atoms with E-state index in [2.05, 4.69) is 10.3 Å². The molecule has 0 aliphatic heterocycles. The average Bonchev–Trinajstić information content (AvgIpc) is 2.47. The zero-order chi connectivity index (χ0) is 15.2. The largest absolute Gasteiger partial charge is 0.494 e. The molecule has 5 nitrogen and oxygen atoms in total. The van der Waals surface area contributed by atoms with Crippen molar-refractivity contribution in [3.05, 3.63) is 47.7 Å². The average molecular weight is 286 g/mol. The zero-order valence-electron chi connectivity index (χ0n) is 12.1. The van der Waals surface area contributed by atoms with Crippen LogP contribution in [0.15, 0.2) is 36.4 Å². The lowest BCUT2D eigenvalue weighted by molar-refractivity contribution is 0.0696. The Morgan fingerprint density at radius 2 is 2.10 bits per heavy atom. The van der Waals surface area contributed by atoms with E-state index in [1.165, 1.54) is 6.07 Å². The Morgan fingerprint density at radius 1 is 1.29 bits per heavy atom. The molecule has 0 spiro atoms. The predicted octanol–water partition coefficient (Wildman–Crippen LogP) is 3.48. The maximum Gasteiger partial charge on any atom is 0.335 e. The van der Waals surface area contributed by atoms with Crippen molar-refractivity contribution >= 4 is 17.5 Å². The zero-order valence-corrected chi connectivity index (χ0v) is 12.1. The third kappa shape index (κ3) is 3.95. The van der Waals surface area contributed by atoms with Gasteiger partial charge in [0.15, 0.2) is 0 Å². The molecule has 1 aromatic heterocycles. The summed E-state index contributed by atoms with van der Waals surface area (Å²) in [7, 11) is 0. The molecular weight excluding hydrogens is 268 g/mol. The first-order valence-electron chi connectivity index (χ1n) is 6.86. The number of carbonyl (C=O) groups is 1. The number of aryl methyl sites for hydroxylation is 1. The van der Waals surface area contributed by atoms with Crippen molar-refractivity contribution in [1.29, 1.82) is 0 Å². The van der Waals surface area contributed by atoms with Crippen LogP contribution in [0.3, 0.4) is 0 Å². The van der Waals surface area contributed by atoms with E-state index in [1.807, 2.05) is 38.1 Å². The van der Waals surface area contributed by atoms with Crippen LogP contribution in [-0.2, 0) is 6.42 Å². The lowest BCUT2D eigenvalue weighted by atomic mass is 10.2. The fraction of sp³-hybridized carbons (Fsp3) is 0.250. The van der Waals surface area contributed by atoms with E-state index < -0.39 is 5.97 Å². The third-order valence-corrected chi connectivity index (χ3v) is 2.91. The number of aromatic carboxylic acids is 1. The number of nitrogens with zero attached hydrogens (tertiary/aromatic N) is 1. The van der Waals surface area contributed by atoms with E-state index >= 15 is 0 Å². The Hall–Kier alpha value is -2.56. The minimum atomic E-state index is -0.960. The Bertz CT molecular complexity index is 641. The molecule has 21 heavy (non-hydrogen) atoms. The van der Waals surface area contributed by atoms with Crippen molar-refractivity contribution in [2.75, 3.05) is 11.9 Å². The number of pyridine rings is 1. The van der Waals surface area contributed by atoms with Crippen molar-refractivity contribution < 1.29 is 14.6 Å². The van der Waals surface area contributed by atoms with Crippen molar-refractivity contribution in [3.8, 4) is 5.75 Å². The van der Waals surface area contributed by atoms with Gasteiger partial charge in [0.2, 0.25) is 0 Å². The van der Waals surface area contributed by atoms with Gasteiger partial charge in [-0.15, -0.1) is 0 Å². The molecule has 0 fully saturated rings. The van der Waals surface area contributed by atoms with Crippen molar-refractivity contribution in [2.45, 2.75) is 20.3 Å². The Kier molecular flexibility index (Phi) is 4.77. The van der Waals surface area contributed by atoms with Gasteiger partial charge >= 0.3 is 5.97 Å². The summed E-state index contributed by atoms with van der Waals surface area (Å²) in [6, 6.07) is 10.6. The first kappa shape index (κ1) is 14.8. The number of benzene rings is 1. The molecule has 0 aliphatic carbocycles. The van der Waals surface area contributed by atoms with E-state index in [-0.39, 0.29) is 5.56 Å². The summed E-state index contributed by atoms with van der Waals surface area (Å²) < 4.78 is 5.44. The second kappa shape index (κ2) is 6.74. The number of carboxylic acid groups (broad SMARTS) is 1. The van der Waals surface area contributed by atoms with Crippen LogP contribution in [0.2, 0.25) is 0 Å². The van der Waals surface area contributed by atoms with Crippen molar-refractivity contribution in [2.24, 2.45) is 0 Å². The highest BCUT2D eigenvalue weighted by molar-refractivity contribution is 5.88. The minimum Gasteiger partial charge on any atom is -0.494 e. The normalized spacial score (nSPS) is 10.2. The summed E-state index contributed by atoms with van der Waals surface area (Å²) in [4.78, 5) is 15.5. The van der Waals surface area contributed by atoms with Gasteiger partial charge in [-0.05, 0) is 37.6 Å². The fourth-order valence-corrected chi connectivity index (χ4v) is 1.93. The molecule has 0 radical (unpaired) electrons. The first-order valence-corrected chi connectivity index (χ1v) is 6.86. The molecule has 0 bridgehead atoms. The predicted molar refractivity (Wildman–Crippen MR) is 81.5 cm³/mol. The number of ether oxygens (including phenoxy) is 1. The van der Waals surface area contributed by atoms with E-state index in [1.54, 1.807) is 6.07 Å². The van der Waals surface area contributed by atoms with E-state index in [9.17, 15) is 4.79 Å². The molecule has 0 aliphatic rings. The topological polar surface area (TPSA) is 71.5 Å². The van der Waals surface area contributed by atoms with Gasteiger partial charge in [0.1, 0.15) is 11.6 Å². The van der Waals surface area contributed by atoms with Crippen LogP contribution < -0.4 is 10.1 Å². The summed E-state index contributed by atoms with van der Waals surface area (Å²) in [5, 5.41) is 12.3. The number of rotatable bonds is 6. The number of hydrogen-bond acceptors (Lipinski definition) is 4. The lowest BCUT2D eigenvalue weighted by Gasteiger charge is -2.10. The van der Waals surface area contributed by atoms with E-state index in [0.29, 0.717) is 18.8 Å². The van der Waals surface area contributed by atoms with Gasteiger partial charge in [0, 0.05) is 17.4 Å². The smallest absolute Gasteiger partial charge is 0.335 e. The Balaban J connectivity index is 2.28. The third-order valence-electron chi connectivity index (χ3n) is 2.91. The van der Waals surface area contributed by atoms with Crippen molar-refractivity contribution in [3.63, 3.8) is 0 Å².